The molecule has 0 saturated carbocycles. The van der Waals surface area contributed by atoms with E-state index in [1.165, 1.54) is 11.0 Å². The van der Waals surface area contributed by atoms with Crippen molar-refractivity contribution in [3.05, 3.63) is 64.4 Å². The largest absolute Gasteiger partial charge is 0.327 e. The fourth-order valence-corrected chi connectivity index (χ4v) is 2.88. The van der Waals surface area contributed by atoms with Crippen LogP contribution >= 0.6 is 27.7 Å². The van der Waals surface area contributed by atoms with Gasteiger partial charge in [-0.1, -0.05) is 28.1 Å². The normalized spacial score (nSPS) is 12.4. The minimum absolute atomic E-state index is 0.0236. The van der Waals surface area contributed by atoms with Gasteiger partial charge < -0.3 is 5.73 Å². The highest BCUT2D eigenvalue weighted by Crippen LogP contribution is 2.21. The Hall–Kier alpha value is -0.840. The molecule has 1 unspecified atom stereocenters. The molecule has 4 heteroatoms. The molecule has 2 aromatic rings. The Morgan fingerprint density at radius 1 is 1.16 bits per heavy atom. The van der Waals surface area contributed by atoms with Crippen molar-refractivity contribution in [3.63, 3.8) is 0 Å². The second-order valence-electron chi connectivity index (χ2n) is 4.36. The molecule has 2 aromatic carbocycles. The fraction of sp³-hybridized carbons (Fsp3) is 0.200. The standard InChI is InChI=1S/C15H15BrFNS/c16-12-4-6-15(7-5-12)19-10-14(18)9-11-2-1-3-13(17)8-11/h1-8,14H,9-10,18H2. The number of nitrogens with two attached hydrogens (primary N) is 1. The minimum Gasteiger partial charge on any atom is -0.327 e. The molecule has 19 heavy (non-hydrogen) atoms. The summed E-state index contributed by atoms with van der Waals surface area (Å²) >= 11 is 5.13. The summed E-state index contributed by atoms with van der Waals surface area (Å²) in [4.78, 5) is 1.19. The third kappa shape index (κ3) is 4.97. The lowest BCUT2D eigenvalue weighted by Crippen LogP contribution is -2.25. The first-order chi connectivity index (χ1) is 9.13. The zero-order chi connectivity index (χ0) is 13.7. The zero-order valence-electron chi connectivity index (χ0n) is 10.4. The number of hydrogen-bond donors (Lipinski definition) is 1. The molecule has 2 rings (SSSR count). The SMILES string of the molecule is NC(CSc1ccc(Br)cc1)Cc1cccc(F)c1. The first-order valence-corrected chi connectivity index (χ1v) is 7.80. The molecular formula is C15H15BrFNS. The first kappa shape index (κ1) is 14.6. The van der Waals surface area contributed by atoms with Gasteiger partial charge in [-0.15, -0.1) is 11.8 Å². The van der Waals surface area contributed by atoms with Crippen molar-refractivity contribution in [2.24, 2.45) is 5.73 Å². The van der Waals surface area contributed by atoms with Crippen molar-refractivity contribution in [3.8, 4) is 0 Å². The van der Waals surface area contributed by atoms with E-state index in [0.717, 1.165) is 15.8 Å². The Balaban J connectivity index is 1.84. The van der Waals surface area contributed by atoms with Crippen LogP contribution in [0.5, 0.6) is 0 Å². The van der Waals surface area contributed by atoms with Gasteiger partial charge in [0.05, 0.1) is 0 Å². The molecule has 0 amide bonds. The average Bonchev–Trinajstić information content (AvgIpc) is 2.38. The van der Waals surface area contributed by atoms with Crippen molar-refractivity contribution in [1.82, 2.24) is 0 Å². The van der Waals surface area contributed by atoms with Crippen molar-refractivity contribution >= 4 is 27.7 Å². The molecule has 1 nitrogen and oxygen atoms in total. The predicted molar refractivity (Wildman–Crippen MR) is 82.9 cm³/mol. The van der Waals surface area contributed by atoms with Crippen molar-refractivity contribution in [2.45, 2.75) is 17.4 Å². The quantitative estimate of drug-likeness (QED) is 0.824. The maximum Gasteiger partial charge on any atom is 0.123 e. The van der Waals surface area contributed by atoms with Crippen LogP contribution in [0.4, 0.5) is 4.39 Å². The van der Waals surface area contributed by atoms with Crippen LogP contribution in [0.2, 0.25) is 0 Å². The van der Waals surface area contributed by atoms with Gasteiger partial charge in [-0.05, 0) is 48.4 Å². The summed E-state index contributed by atoms with van der Waals surface area (Å²) in [7, 11) is 0. The van der Waals surface area contributed by atoms with E-state index in [9.17, 15) is 4.39 Å². The zero-order valence-corrected chi connectivity index (χ0v) is 12.8. The van der Waals surface area contributed by atoms with Crippen molar-refractivity contribution in [2.75, 3.05) is 5.75 Å². The van der Waals surface area contributed by atoms with Crippen LogP contribution < -0.4 is 5.73 Å². The monoisotopic (exact) mass is 339 g/mol. The van der Waals surface area contributed by atoms with Gasteiger partial charge in [0.15, 0.2) is 0 Å². The molecule has 0 spiro atoms. The molecule has 0 aliphatic rings. The molecule has 0 aliphatic carbocycles. The number of rotatable bonds is 5. The molecule has 0 heterocycles. The Labute approximate surface area is 125 Å². The Morgan fingerprint density at radius 3 is 2.58 bits per heavy atom. The van der Waals surface area contributed by atoms with Gasteiger partial charge in [0.1, 0.15) is 5.82 Å². The summed E-state index contributed by atoms with van der Waals surface area (Å²) in [6.07, 6.45) is 0.696. The molecule has 0 aromatic heterocycles. The summed E-state index contributed by atoms with van der Waals surface area (Å²) in [6.45, 7) is 0. The number of benzene rings is 2. The topological polar surface area (TPSA) is 26.0 Å². The highest BCUT2D eigenvalue weighted by molar-refractivity contribution is 9.10. The van der Waals surface area contributed by atoms with E-state index in [4.69, 9.17) is 5.73 Å². The second-order valence-corrected chi connectivity index (χ2v) is 6.37. The lowest BCUT2D eigenvalue weighted by molar-refractivity contribution is 0.623. The highest BCUT2D eigenvalue weighted by atomic mass is 79.9. The van der Waals surface area contributed by atoms with E-state index < -0.39 is 0 Å². The molecule has 2 N–H and O–H groups in total. The van der Waals surface area contributed by atoms with E-state index >= 15 is 0 Å². The summed E-state index contributed by atoms with van der Waals surface area (Å²) < 4.78 is 14.1. The molecule has 0 bridgehead atoms. The summed E-state index contributed by atoms with van der Waals surface area (Å²) in [6, 6.07) is 14.8. The van der Waals surface area contributed by atoms with Gasteiger partial charge in [0.2, 0.25) is 0 Å². The van der Waals surface area contributed by atoms with Crippen molar-refractivity contribution in [1.29, 1.82) is 0 Å². The molecule has 0 saturated heterocycles. The van der Waals surface area contributed by atoms with E-state index in [0.29, 0.717) is 6.42 Å². The molecule has 0 aliphatic heterocycles. The Bertz CT molecular complexity index is 530. The smallest absolute Gasteiger partial charge is 0.123 e. The molecule has 100 valence electrons. The van der Waals surface area contributed by atoms with Gasteiger partial charge in [-0.2, -0.15) is 0 Å². The van der Waals surface area contributed by atoms with E-state index in [2.05, 4.69) is 28.1 Å². The molecule has 0 fully saturated rings. The summed E-state index contributed by atoms with van der Waals surface area (Å²) in [5, 5.41) is 0. The van der Waals surface area contributed by atoms with Crippen LogP contribution in [0, 0.1) is 5.82 Å². The third-order valence-electron chi connectivity index (χ3n) is 2.66. The van der Waals surface area contributed by atoms with Gasteiger partial charge >= 0.3 is 0 Å². The number of halogens is 2. The fourth-order valence-electron chi connectivity index (χ4n) is 1.76. The van der Waals surface area contributed by atoms with E-state index in [1.54, 1.807) is 23.9 Å². The predicted octanol–water partition coefficient (Wildman–Crippen LogP) is 4.25. The first-order valence-electron chi connectivity index (χ1n) is 6.02. The van der Waals surface area contributed by atoms with Gasteiger partial charge in [0.25, 0.3) is 0 Å². The van der Waals surface area contributed by atoms with E-state index in [-0.39, 0.29) is 11.9 Å². The van der Waals surface area contributed by atoms with Crippen LogP contribution in [0.15, 0.2) is 57.9 Å². The maximum atomic E-state index is 13.1. The van der Waals surface area contributed by atoms with Gasteiger partial charge in [0, 0.05) is 21.2 Å². The van der Waals surface area contributed by atoms with Crippen LogP contribution in [-0.2, 0) is 6.42 Å². The number of hydrogen-bond acceptors (Lipinski definition) is 2. The van der Waals surface area contributed by atoms with Crippen molar-refractivity contribution < 1.29 is 4.39 Å². The maximum absolute atomic E-state index is 13.1. The van der Waals surface area contributed by atoms with Gasteiger partial charge in [-0.25, -0.2) is 4.39 Å². The molecule has 1 atom stereocenters. The third-order valence-corrected chi connectivity index (χ3v) is 4.39. The second kappa shape index (κ2) is 7.08. The lowest BCUT2D eigenvalue weighted by atomic mass is 10.1. The van der Waals surface area contributed by atoms with Crippen LogP contribution in [-0.4, -0.2) is 11.8 Å². The highest BCUT2D eigenvalue weighted by Gasteiger charge is 2.06. The van der Waals surface area contributed by atoms with Crippen LogP contribution in [0.1, 0.15) is 5.56 Å². The average molecular weight is 340 g/mol. The van der Waals surface area contributed by atoms with Gasteiger partial charge in [-0.3, -0.25) is 0 Å². The van der Waals surface area contributed by atoms with E-state index in [1.807, 2.05) is 18.2 Å². The molecule has 0 radical (unpaired) electrons. The van der Waals surface area contributed by atoms with Crippen LogP contribution in [0.3, 0.4) is 0 Å². The minimum atomic E-state index is -0.203. The van der Waals surface area contributed by atoms with Crippen LogP contribution in [0.25, 0.3) is 0 Å². The Morgan fingerprint density at radius 2 is 1.89 bits per heavy atom. The Kier molecular flexibility index (Phi) is 5.43. The molecular weight excluding hydrogens is 325 g/mol. The number of thioether (sulfide) groups is 1. The summed E-state index contributed by atoms with van der Waals surface area (Å²) in [5.74, 6) is 0.614. The lowest BCUT2D eigenvalue weighted by Gasteiger charge is -2.11. The summed E-state index contributed by atoms with van der Waals surface area (Å²) in [5.41, 5.74) is 7.03.